The molecule has 0 unspecified atom stereocenters. The topological polar surface area (TPSA) is 142 Å². The van der Waals surface area contributed by atoms with Crippen molar-refractivity contribution < 1.29 is 19.9 Å². The SMILES string of the molecule is NNc1c(Cl)cc(C(=O)N(CCO)CCO)cc1[N+](=O)[O-]. The number of carbonyl (C=O) groups is 1. The summed E-state index contributed by atoms with van der Waals surface area (Å²) >= 11 is 5.87. The minimum Gasteiger partial charge on any atom is -0.395 e. The number of nitrogens with zero attached hydrogens (tertiary/aromatic N) is 2. The first-order chi connectivity index (χ1) is 9.96. The zero-order chi connectivity index (χ0) is 16.0. The molecule has 0 spiro atoms. The summed E-state index contributed by atoms with van der Waals surface area (Å²) in [7, 11) is 0. The highest BCUT2D eigenvalue weighted by Gasteiger charge is 2.23. The standard InChI is InChI=1S/C11H15ClN4O5/c12-8-5-7(6-9(16(20)21)10(8)14-13)11(19)15(1-3-17)2-4-18/h5-6,14,17-18H,1-4,13H2. The lowest BCUT2D eigenvalue weighted by Gasteiger charge is -2.21. The monoisotopic (exact) mass is 318 g/mol. The molecule has 116 valence electrons. The van der Waals surface area contributed by atoms with Crippen LogP contribution in [0.3, 0.4) is 0 Å². The van der Waals surface area contributed by atoms with Gasteiger partial charge in [0.15, 0.2) is 0 Å². The molecule has 1 aromatic rings. The van der Waals surface area contributed by atoms with Crippen molar-refractivity contribution >= 4 is 28.9 Å². The molecule has 0 saturated heterocycles. The highest BCUT2D eigenvalue weighted by Crippen LogP contribution is 2.33. The van der Waals surface area contributed by atoms with E-state index in [0.29, 0.717) is 0 Å². The third kappa shape index (κ3) is 4.02. The van der Waals surface area contributed by atoms with Gasteiger partial charge < -0.3 is 20.5 Å². The third-order valence-corrected chi connectivity index (χ3v) is 2.98. The van der Waals surface area contributed by atoms with Crippen molar-refractivity contribution in [3.63, 3.8) is 0 Å². The minimum absolute atomic E-state index is 0.0122. The van der Waals surface area contributed by atoms with Gasteiger partial charge in [0.25, 0.3) is 11.6 Å². The predicted octanol–water partition coefficient (Wildman–Crippen LogP) is -0.0394. The molecule has 10 heteroatoms. The quantitative estimate of drug-likeness (QED) is 0.314. The fourth-order valence-electron chi connectivity index (χ4n) is 1.74. The van der Waals surface area contributed by atoms with Crippen LogP contribution in [0.1, 0.15) is 10.4 Å². The van der Waals surface area contributed by atoms with Crippen LogP contribution in [0.4, 0.5) is 11.4 Å². The Hall–Kier alpha value is -1.94. The molecule has 9 nitrogen and oxygen atoms in total. The summed E-state index contributed by atoms with van der Waals surface area (Å²) in [6.45, 7) is -0.628. The Morgan fingerprint density at radius 3 is 2.38 bits per heavy atom. The van der Waals surface area contributed by atoms with Crippen LogP contribution in [0.15, 0.2) is 12.1 Å². The number of nitro benzene ring substituents is 1. The Kier molecular flexibility index (Phi) is 6.31. The van der Waals surface area contributed by atoms with Crippen molar-refractivity contribution in [2.45, 2.75) is 0 Å². The van der Waals surface area contributed by atoms with Crippen molar-refractivity contribution in [3.8, 4) is 0 Å². The normalized spacial score (nSPS) is 10.3. The average Bonchev–Trinajstić information content (AvgIpc) is 2.45. The van der Waals surface area contributed by atoms with Gasteiger partial charge in [-0.3, -0.25) is 20.8 Å². The number of hydrogen-bond acceptors (Lipinski definition) is 7. The molecule has 0 aromatic heterocycles. The van der Waals surface area contributed by atoms with E-state index in [2.05, 4.69) is 5.43 Å². The number of hydrogen-bond donors (Lipinski definition) is 4. The van der Waals surface area contributed by atoms with Crippen LogP contribution in [0.25, 0.3) is 0 Å². The van der Waals surface area contributed by atoms with Gasteiger partial charge in [-0.05, 0) is 6.07 Å². The van der Waals surface area contributed by atoms with Crippen molar-refractivity contribution in [2.24, 2.45) is 5.84 Å². The Labute approximate surface area is 125 Å². The van der Waals surface area contributed by atoms with Crippen molar-refractivity contribution in [1.82, 2.24) is 4.90 Å². The Morgan fingerprint density at radius 1 is 1.38 bits per heavy atom. The zero-order valence-corrected chi connectivity index (χ0v) is 11.7. The summed E-state index contributed by atoms with van der Waals surface area (Å²) in [5.41, 5.74) is 1.53. The van der Waals surface area contributed by atoms with E-state index in [-0.39, 0.29) is 42.6 Å². The molecule has 0 saturated carbocycles. The summed E-state index contributed by atoms with van der Waals surface area (Å²) < 4.78 is 0. The van der Waals surface area contributed by atoms with Gasteiger partial charge >= 0.3 is 0 Å². The fraction of sp³-hybridized carbons (Fsp3) is 0.364. The van der Waals surface area contributed by atoms with Gasteiger partial charge in [-0.25, -0.2) is 0 Å². The zero-order valence-electron chi connectivity index (χ0n) is 11.0. The number of rotatable bonds is 7. The molecule has 1 rings (SSSR count). The van der Waals surface area contributed by atoms with Crippen molar-refractivity contribution in [3.05, 3.63) is 32.8 Å². The van der Waals surface area contributed by atoms with Crippen LogP contribution in [-0.2, 0) is 0 Å². The number of carbonyl (C=O) groups excluding carboxylic acids is 1. The maximum Gasteiger partial charge on any atom is 0.295 e. The Morgan fingerprint density at radius 2 is 1.95 bits per heavy atom. The first kappa shape index (κ1) is 17.1. The summed E-state index contributed by atoms with van der Waals surface area (Å²) in [5, 5.41) is 28.7. The molecule has 5 N–H and O–H groups in total. The van der Waals surface area contributed by atoms with Crippen LogP contribution >= 0.6 is 11.6 Å². The fourth-order valence-corrected chi connectivity index (χ4v) is 2.01. The molecular formula is C11H15ClN4O5. The number of amides is 1. The van der Waals surface area contributed by atoms with E-state index in [1.807, 2.05) is 0 Å². The summed E-state index contributed by atoms with van der Waals surface area (Å²) in [6, 6.07) is 2.26. The first-order valence-electron chi connectivity index (χ1n) is 5.91. The number of nitrogens with one attached hydrogen (secondary N) is 1. The summed E-state index contributed by atoms with van der Waals surface area (Å²) in [6.07, 6.45) is 0. The van der Waals surface area contributed by atoms with Crippen LogP contribution in [0.2, 0.25) is 5.02 Å². The number of aliphatic hydroxyl groups excluding tert-OH is 2. The Balaban J connectivity index is 3.23. The van der Waals surface area contributed by atoms with Crippen LogP contribution < -0.4 is 11.3 Å². The molecular weight excluding hydrogens is 304 g/mol. The third-order valence-electron chi connectivity index (χ3n) is 2.68. The largest absolute Gasteiger partial charge is 0.395 e. The maximum absolute atomic E-state index is 12.2. The lowest BCUT2D eigenvalue weighted by atomic mass is 10.1. The van der Waals surface area contributed by atoms with Gasteiger partial charge in [-0.1, -0.05) is 11.6 Å². The summed E-state index contributed by atoms with van der Waals surface area (Å²) in [4.78, 5) is 23.6. The van der Waals surface area contributed by atoms with Gasteiger partial charge in [0.1, 0.15) is 5.69 Å². The van der Waals surface area contributed by atoms with Gasteiger partial charge in [0.2, 0.25) is 0 Å². The maximum atomic E-state index is 12.2. The number of hydrazine groups is 1. The molecule has 0 fully saturated rings. The molecule has 1 amide bonds. The molecule has 21 heavy (non-hydrogen) atoms. The van der Waals surface area contributed by atoms with Gasteiger partial charge in [-0.15, -0.1) is 0 Å². The second kappa shape index (κ2) is 7.74. The van der Waals surface area contributed by atoms with Crippen molar-refractivity contribution in [2.75, 3.05) is 31.7 Å². The molecule has 0 atom stereocenters. The van der Waals surface area contributed by atoms with E-state index >= 15 is 0 Å². The smallest absolute Gasteiger partial charge is 0.295 e. The number of aliphatic hydroxyl groups is 2. The van der Waals surface area contributed by atoms with E-state index in [4.69, 9.17) is 27.7 Å². The Bertz CT molecular complexity index is 534. The lowest BCUT2D eigenvalue weighted by Crippen LogP contribution is -2.35. The van der Waals surface area contributed by atoms with E-state index in [0.717, 1.165) is 11.0 Å². The molecule has 0 radical (unpaired) electrons. The molecule has 0 aliphatic heterocycles. The highest BCUT2D eigenvalue weighted by atomic mass is 35.5. The predicted molar refractivity (Wildman–Crippen MR) is 76.0 cm³/mol. The number of anilines is 1. The van der Waals surface area contributed by atoms with E-state index < -0.39 is 16.5 Å². The van der Waals surface area contributed by atoms with Crippen LogP contribution in [0.5, 0.6) is 0 Å². The molecule has 0 bridgehead atoms. The summed E-state index contributed by atoms with van der Waals surface area (Å²) in [5.74, 6) is 4.58. The van der Waals surface area contributed by atoms with Gasteiger partial charge in [-0.2, -0.15) is 0 Å². The second-order valence-electron chi connectivity index (χ2n) is 3.99. The van der Waals surface area contributed by atoms with Crippen LogP contribution in [0, 0.1) is 10.1 Å². The number of nitrogens with two attached hydrogens (primary N) is 1. The first-order valence-corrected chi connectivity index (χ1v) is 6.29. The van der Waals surface area contributed by atoms with Crippen LogP contribution in [-0.4, -0.2) is 52.2 Å². The average molecular weight is 319 g/mol. The van der Waals surface area contributed by atoms with Gasteiger partial charge in [0.05, 0.1) is 23.2 Å². The minimum atomic E-state index is -0.722. The van der Waals surface area contributed by atoms with Crippen molar-refractivity contribution in [1.29, 1.82) is 0 Å². The lowest BCUT2D eigenvalue weighted by molar-refractivity contribution is -0.384. The molecule has 0 heterocycles. The van der Waals surface area contributed by atoms with E-state index in [1.165, 1.54) is 6.07 Å². The number of nitrogen functional groups attached to an aromatic ring is 1. The van der Waals surface area contributed by atoms with E-state index in [9.17, 15) is 14.9 Å². The molecule has 1 aromatic carbocycles. The number of nitro groups is 1. The van der Waals surface area contributed by atoms with Gasteiger partial charge in [0, 0.05) is 24.7 Å². The molecule has 0 aliphatic rings. The number of halogens is 1. The highest BCUT2D eigenvalue weighted by molar-refractivity contribution is 6.34. The number of benzene rings is 1. The second-order valence-corrected chi connectivity index (χ2v) is 4.40. The molecule has 0 aliphatic carbocycles. The van der Waals surface area contributed by atoms with E-state index in [1.54, 1.807) is 0 Å².